The molecule has 8 nitrogen and oxygen atoms in total. The maximum Gasteiger partial charge on any atom is 0.228 e. The summed E-state index contributed by atoms with van der Waals surface area (Å²) in [6.07, 6.45) is -3.73. The number of hydrogen-bond acceptors (Lipinski definition) is 8. The van der Waals surface area contributed by atoms with Crippen LogP contribution < -0.4 is 0 Å². The summed E-state index contributed by atoms with van der Waals surface area (Å²) in [7, 11) is 0. The van der Waals surface area contributed by atoms with Gasteiger partial charge in [-0.3, -0.25) is 4.79 Å². The number of hydrogen-bond donors (Lipinski definition) is 5. The number of rotatable bonds is 4. The third kappa shape index (κ3) is 3.89. The van der Waals surface area contributed by atoms with E-state index in [1.165, 1.54) is 6.08 Å². The number of fused-ring (bicyclic) bond motifs is 1. The van der Waals surface area contributed by atoms with E-state index in [9.17, 15) is 30.3 Å². The summed E-state index contributed by atoms with van der Waals surface area (Å²) in [5.74, 6) is 0.107. The molecule has 2 fully saturated rings. The SMILES string of the molecule is CC1=C2CC(C(C)(C)O)CCC2(C)C(OC2OC(CO)C(O)C(O)C2O)=CC1=O. The Kier molecular flexibility index (Phi) is 5.99. The van der Waals surface area contributed by atoms with Gasteiger partial charge >= 0.3 is 0 Å². The van der Waals surface area contributed by atoms with E-state index in [1.807, 2.05) is 6.92 Å². The monoisotopic (exact) mass is 412 g/mol. The van der Waals surface area contributed by atoms with Crippen molar-refractivity contribution < 1.29 is 39.8 Å². The molecule has 3 rings (SSSR count). The molecular weight excluding hydrogens is 380 g/mol. The van der Waals surface area contributed by atoms with Crippen molar-refractivity contribution in [3.63, 3.8) is 0 Å². The number of allylic oxidation sites excluding steroid dienone is 3. The van der Waals surface area contributed by atoms with E-state index < -0.39 is 48.3 Å². The molecular formula is C21H32O8. The highest BCUT2D eigenvalue weighted by Gasteiger charge is 2.50. The van der Waals surface area contributed by atoms with Crippen LogP contribution in [0.2, 0.25) is 0 Å². The molecule has 1 saturated carbocycles. The second-order valence-corrected chi connectivity index (χ2v) is 9.22. The highest BCUT2D eigenvalue weighted by Crippen LogP contribution is 2.53. The Morgan fingerprint density at radius 3 is 2.48 bits per heavy atom. The average Bonchev–Trinajstić information content (AvgIpc) is 2.65. The number of carbonyl (C=O) groups is 1. The summed E-state index contributed by atoms with van der Waals surface area (Å²) >= 11 is 0. The molecule has 0 amide bonds. The van der Waals surface area contributed by atoms with E-state index in [1.54, 1.807) is 20.8 Å². The van der Waals surface area contributed by atoms with Crippen molar-refractivity contribution in [2.24, 2.45) is 11.3 Å². The molecule has 1 saturated heterocycles. The molecule has 0 aromatic carbocycles. The van der Waals surface area contributed by atoms with E-state index in [2.05, 4.69) is 0 Å². The van der Waals surface area contributed by atoms with E-state index >= 15 is 0 Å². The first-order valence-corrected chi connectivity index (χ1v) is 10.1. The molecule has 0 spiro atoms. The number of ether oxygens (including phenoxy) is 2. The van der Waals surface area contributed by atoms with Crippen LogP contribution in [0.4, 0.5) is 0 Å². The Morgan fingerprint density at radius 1 is 1.24 bits per heavy atom. The van der Waals surface area contributed by atoms with Gasteiger partial charge in [0.1, 0.15) is 30.2 Å². The maximum absolute atomic E-state index is 12.6. The highest BCUT2D eigenvalue weighted by atomic mass is 16.7. The van der Waals surface area contributed by atoms with Crippen molar-refractivity contribution in [2.45, 2.75) is 83.3 Å². The van der Waals surface area contributed by atoms with Gasteiger partial charge in [-0.25, -0.2) is 0 Å². The molecule has 1 heterocycles. The van der Waals surface area contributed by atoms with Gasteiger partial charge < -0.3 is 35.0 Å². The van der Waals surface area contributed by atoms with Gasteiger partial charge in [0.2, 0.25) is 6.29 Å². The van der Waals surface area contributed by atoms with Gasteiger partial charge in [-0.05, 0) is 64.0 Å². The molecule has 5 N–H and O–H groups in total. The van der Waals surface area contributed by atoms with Crippen molar-refractivity contribution in [1.29, 1.82) is 0 Å². The standard InChI is InChI=1S/C21H32O8/c1-10-12-7-11(20(2,3)27)5-6-21(12,4)15(8-13(10)23)29-19-18(26)17(25)16(24)14(9-22)28-19/h8,11,14,16-19,22,24-27H,5-7,9H2,1-4H3. The minimum atomic E-state index is -1.55. The number of aliphatic hydroxyl groups excluding tert-OH is 4. The molecule has 29 heavy (non-hydrogen) atoms. The molecule has 164 valence electrons. The second-order valence-electron chi connectivity index (χ2n) is 9.22. The minimum Gasteiger partial charge on any atom is -0.465 e. The highest BCUT2D eigenvalue weighted by molar-refractivity contribution is 6.06. The first-order valence-electron chi connectivity index (χ1n) is 10.1. The molecule has 2 aliphatic carbocycles. The average molecular weight is 412 g/mol. The van der Waals surface area contributed by atoms with Crippen LogP contribution in [0.1, 0.15) is 47.0 Å². The summed E-state index contributed by atoms with van der Waals surface area (Å²) in [5.41, 5.74) is 0.0286. The fraction of sp³-hybridized carbons (Fsp3) is 0.762. The molecule has 0 aromatic heterocycles. The largest absolute Gasteiger partial charge is 0.465 e. The van der Waals surface area contributed by atoms with Crippen LogP contribution in [0.15, 0.2) is 23.0 Å². The van der Waals surface area contributed by atoms with Gasteiger partial charge in [0.25, 0.3) is 0 Å². The Hall–Kier alpha value is -1.29. The number of ketones is 1. The van der Waals surface area contributed by atoms with Gasteiger partial charge in [0.05, 0.1) is 12.2 Å². The van der Waals surface area contributed by atoms with Gasteiger partial charge in [-0.2, -0.15) is 0 Å². The molecule has 7 unspecified atom stereocenters. The van der Waals surface area contributed by atoms with Crippen LogP contribution >= 0.6 is 0 Å². The zero-order chi connectivity index (χ0) is 21.7. The van der Waals surface area contributed by atoms with E-state index in [0.29, 0.717) is 24.2 Å². The van der Waals surface area contributed by atoms with Crippen LogP contribution in [0.5, 0.6) is 0 Å². The molecule has 0 aromatic rings. The lowest BCUT2D eigenvalue weighted by atomic mass is 9.61. The van der Waals surface area contributed by atoms with Gasteiger partial charge in [-0.1, -0.05) is 0 Å². The molecule has 8 heteroatoms. The Labute approximate surface area is 170 Å². The number of aliphatic hydroxyl groups is 5. The lowest BCUT2D eigenvalue weighted by molar-refractivity contribution is -0.294. The third-order valence-corrected chi connectivity index (χ3v) is 6.83. The molecule has 1 aliphatic heterocycles. The lowest BCUT2D eigenvalue weighted by Crippen LogP contribution is -2.59. The topological polar surface area (TPSA) is 137 Å². The van der Waals surface area contributed by atoms with Crippen molar-refractivity contribution in [2.75, 3.05) is 6.61 Å². The van der Waals surface area contributed by atoms with Crippen molar-refractivity contribution in [3.05, 3.63) is 23.0 Å². The summed E-state index contributed by atoms with van der Waals surface area (Å²) in [6, 6.07) is 0. The summed E-state index contributed by atoms with van der Waals surface area (Å²) in [4.78, 5) is 12.6. The van der Waals surface area contributed by atoms with Crippen LogP contribution in [0, 0.1) is 11.3 Å². The van der Waals surface area contributed by atoms with Gasteiger partial charge in [0, 0.05) is 11.5 Å². The van der Waals surface area contributed by atoms with Gasteiger partial charge in [-0.15, -0.1) is 0 Å². The predicted molar refractivity (Wildman–Crippen MR) is 102 cm³/mol. The van der Waals surface area contributed by atoms with Crippen LogP contribution in [0.25, 0.3) is 0 Å². The normalized spacial score (nSPS) is 41.1. The van der Waals surface area contributed by atoms with Gasteiger partial charge in [0.15, 0.2) is 5.78 Å². The molecule has 0 radical (unpaired) electrons. The van der Waals surface area contributed by atoms with E-state index in [4.69, 9.17) is 9.47 Å². The van der Waals surface area contributed by atoms with E-state index in [-0.39, 0.29) is 11.7 Å². The Bertz CT molecular complexity index is 719. The third-order valence-electron chi connectivity index (χ3n) is 6.83. The Balaban J connectivity index is 1.87. The van der Waals surface area contributed by atoms with Crippen molar-refractivity contribution in [1.82, 2.24) is 0 Å². The van der Waals surface area contributed by atoms with Crippen LogP contribution in [-0.4, -0.2) is 74.2 Å². The summed E-state index contributed by atoms with van der Waals surface area (Å²) in [6.45, 7) is 6.69. The summed E-state index contributed by atoms with van der Waals surface area (Å²) < 4.78 is 11.4. The van der Waals surface area contributed by atoms with Crippen LogP contribution in [0.3, 0.4) is 0 Å². The fourth-order valence-electron chi connectivity index (χ4n) is 4.62. The lowest BCUT2D eigenvalue weighted by Gasteiger charge is -2.48. The first-order chi connectivity index (χ1) is 13.4. The summed E-state index contributed by atoms with van der Waals surface area (Å²) in [5, 5.41) is 50.1. The zero-order valence-electron chi connectivity index (χ0n) is 17.3. The molecule has 7 atom stereocenters. The predicted octanol–water partition coefficient (Wildman–Crippen LogP) is 0.163. The maximum atomic E-state index is 12.6. The molecule has 0 bridgehead atoms. The second kappa shape index (κ2) is 7.76. The zero-order valence-corrected chi connectivity index (χ0v) is 17.3. The Morgan fingerprint density at radius 2 is 1.90 bits per heavy atom. The van der Waals surface area contributed by atoms with Crippen LogP contribution in [-0.2, 0) is 14.3 Å². The fourth-order valence-corrected chi connectivity index (χ4v) is 4.62. The van der Waals surface area contributed by atoms with Crippen molar-refractivity contribution >= 4 is 5.78 Å². The smallest absolute Gasteiger partial charge is 0.228 e. The van der Waals surface area contributed by atoms with E-state index in [0.717, 1.165) is 12.0 Å². The molecule has 3 aliphatic rings. The number of carbonyl (C=O) groups excluding carboxylic acids is 1. The van der Waals surface area contributed by atoms with Crippen molar-refractivity contribution in [3.8, 4) is 0 Å². The first kappa shape index (κ1) is 22.4. The quantitative estimate of drug-likeness (QED) is 0.441. The minimum absolute atomic E-state index is 0.0000607.